The molecule has 0 amide bonds. The number of halogens is 2. The smallest absolute Gasteiger partial charge is 0.117 e. The molecule has 1 fully saturated rings. The quantitative estimate of drug-likeness (QED) is 0.538. The number of nitrogens with zero attached hydrogens (tertiary/aromatic N) is 4. The molecule has 4 rings (SSSR count). The van der Waals surface area contributed by atoms with Crippen LogP contribution in [0.1, 0.15) is 31.0 Å². The average molecular weight is 444 g/mol. The molecule has 3 aromatic rings. The zero-order valence-corrected chi connectivity index (χ0v) is 18.7. The van der Waals surface area contributed by atoms with Crippen LogP contribution in [0, 0.1) is 0 Å². The van der Waals surface area contributed by atoms with Crippen LogP contribution in [-0.2, 0) is 13.1 Å². The van der Waals surface area contributed by atoms with Crippen LogP contribution in [0.2, 0.25) is 10.0 Å². The largest absolute Gasteiger partial charge is 0.309 e. The first-order valence-electron chi connectivity index (χ1n) is 10.5. The van der Waals surface area contributed by atoms with E-state index in [0.29, 0.717) is 29.2 Å². The van der Waals surface area contributed by atoms with Crippen LogP contribution in [-0.4, -0.2) is 45.6 Å². The standard InChI is InChI=1S/C23H27Cl2N5/c1-2-29-13-7-10-18(29)14-26-15-22-23(17-8-4-3-5-9-17)28-30(27-22)16-19-20(24)11-6-12-21(19)25/h3-6,8-9,11-12,18,26H,2,7,10,13-16H2,1H3/t18-/m1/s1. The minimum Gasteiger partial charge on any atom is -0.309 e. The first-order chi connectivity index (χ1) is 14.7. The second-order valence-corrected chi connectivity index (χ2v) is 8.46. The molecule has 0 spiro atoms. The predicted octanol–water partition coefficient (Wildman–Crippen LogP) is 4.87. The molecule has 7 heteroatoms. The topological polar surface area (TPSA) is 46.0 Å². The Balaban J connectivity index is 1.54. The van der Waals surface area contributed by atoms with Crippen molar-refractivity contribution in [1.29, 1.82) is 0 Å². The van der Waals surface area contributed by atoms with E-state index >= 15 is 0 Å². The summed E-state index contributed by atoms with van der Waals surface area (Å²) in [5, 5.41) is 14.4. The molecule has 0 aliphatic carbocycles. The molecule has 158 valence electrons. The lowest BCUT2D eigenvalue weighted by atomic mass is 10.1. The third-order valence-electron chi connectivity index (χ3n) is 5.71. The molecule has 0 unspecified atom stereocenters. The lowest BCUT2D eigenvalue weighted by molar-refractivity contribution is 0.259. The first-order valence-corrected chi connectivity index (χ1v) is 11.3. The Hall–Kier alpha value is -1.92. The molecule has 30 heavy (non-hydrogen) atoms. The van der Waals surface area contributed by atoms with Gasteiger partial charge in [-0.3, -0.25) is 4.90 Å². The van der Waals surface area contributed by atoms with Crippen molar-refractivity contribution in [2.75, 3.05) is 19.6 Å². The predicted molar refractivity (Wildman–Crippen MR) is 123 cm³/mol. The Kier molecular flexibility index (Phi) is 7.05. The van der Waals surface area contributed by atoms with Crippen molar-refractivity contribution in [3.63, 3.8) is 0 Å². The lowest BCUT2D eigenvalue weighted by Gasteiger charge is -2.22. The molecule has 1 aromatic heterocycles. The van der Waals surface area contributed by atoms with E-state index in [1.165, 1.54) is 19.4 Å². The molecule has 1 atom stereocenters. The van der Waals surface area contributed by atoms with Crippen LogP contribution in [0.15, 0.2) is 48.5 Å². The number of likely N-dealkylation sites (tertiary alicyclic amines) is 1. The number of nitrogens with one attached hydrogen (secondary N) is 1. The highest BCUT2D eigenvalue weighted by atomic mass is 35.5. The van der Waals surface area contributed by atoms with Crippen LogP contribution in [0.5, 0.6) is 0 Å². The third-order valence-corrected chi connectivity index (χ3v) is 6.42. The van der Waals surface area contributed by atoms with Gasteiger partial charge in [-0.05, 0) is 38.1 Å². The summed E-state index contributed by atoms with van der Waals surface area (Å²) < 4.78 is 0. The van der Waals surface area contributed by atoms with Crippen LogP contribution >= 0.6 is 23.2 Å². The van der Waals surface area contributed by atoms with Gasteiger partial charge < -0.3 is 5.32 Å². The lowest BCUT2D eigenvalue weighted by Crippen LogP contribution is -2.37. The zero-order chi connectivity index (χ0) is 20.9. The number of rotatable bonds is 8. The molecule has 1 saturated heterocycles. The summed E-state index contributed by atoms with van der Waals surface area (Å²) in [6, 6.07) is 16.3. The van der Waals surface area contributed by atoms with Crippen molar-refractivity contribution < 1.29 is 0 Å². The van der Waals surface area contributed by atoms with E-state index in [2.05, 4.69) is 29.3 Å². The number of likely N-dealkylation sites (N-methyl/N-ethyl adjacent to an activating group) is 1. The fourth-order valence-electron chi connectivity index (χ4n) is 4.12. The van der Waals surface area contributed by atoms with Crippen LogP contribution in [0.3, 0.4) is 0 Å². The van der Waals surface area contributed by atoms with Gasteiger partial charge in [0.2, 0.25) is 0 Å². The Morgan fingerprint density at radius 2 is 1.80 bits per heavy atom. The SMILES string of the molecule is CCN1CCC[C@@H]1CNCc1nn(Cc2c(Cl)cccc2Cl)nc1-c1ccccc1. The highest BCUT2D eigenvalue weighted by Gasteiger charge is 2.23. The van der Waals surface area contributed by atoms with E-state index in [4.69, 9.17) is 33.4 Å². The fraction of sp³-hybridized carbons (Fsp3) is 0.391. The van der Waals surface area contributed by atoms with E-state index in [1.807, 2.05) is 36.4 Å². The van der Waals surface area contributed by atoms with E-state index in [0.717, 1.165) is 35.6 Å². The van der Waals surface area contributed by atoms with Gasteiger partial charge in [0.25, 0.3) is 0 Å². The maximum absolute atomic E-state index is 6.36. The maximum Gasteiger partial charge on any atom is 0.117 e. The van der Waals surface area contributed by atoms with E-state index in [9.17, 15) is 0 Å². The summed E-state index contributed by atoms with van der Waals surface area (Å²) in [5.74, 6) is 0. The second-order valence-electron chi connectivity index (χ2n) is 7.65. The molecule has 2 aromatic carbocycles. The normalized spacial score (nSPS) is 17.0. The number of benzene rings is 2. The van der Waals surface area contributed by atoms with Gasteiger partial charge in [-0.1, -0.05) is 66.5 Å². The second kappa shape index (κ2) is 9.92. The van der Waals surface area contributed by atoms with Gasteiger partial charge in [-0.2, -0.15) is 15.0 Å². The Labute approximate surface area is 188 Å². The Morgan fingerprint density at radius 3 is 2.53 bits per heavy atom. The minimum atomic E-state index is 0.435. The van der Waals surface area contributed by atoms with E-state index < -0.39 is 0 Å². The van der Waals surface area contributed by atoms with Crippen molar-refractivity contribution in [2.24, 2.45) is 0 Å². The van der Waals surface area contributed by atoms with Gasteiger partial charge in [0.1, 0.15) is 11.4 Å². The zero-order valence-electron chi connectivity index (χ0n) is 17.2. The maximum atomic E-state index is 6.36. The summed E-state index contributed by atoms with van der Waals surface area (Å²) in [5.41, 5.74) is 3.72. The molecule has 2 heterocycles. The first kappa shape index (κ1) is 21.3. The fourth-order valence-corrected chi connectivity index (χ4v) is 4.63. The summed E-state index contributed by atoms with van der Waals surface area (Å²) >= 11 is 12.7. The Morgan fingerprint density at radius 1 is 1.03 bits per heavy atom. The van der Waals surface area contributed by atoms with E-state index in [1.54, 1.807) is 4.80 Å². The molecular formula is C23H27Cl2N5. The molecule has 0 saturated carbocycles. The molecular weight excluding hydrogens is 417 g/mol. The van der Waals surface area contributed by atoms with Gasteiger partial charge in [-0.15, -0.1) is 0 Å². The molecule has 0 bridgehead atoms. The van der Waals surface area contributed by atoms with Gasteiger partial charge in [0.05, 0.1) is 6.54 Å². The number of hydrogen-bond donors (Lipinski definition) is 1. The van der Waals surface area contributed by atoms with Gasteiger partial charge >= 0.3 is 0 Å². The third kappa shape index (κ3) is 4.86. The van der Waals surface area contributed by atoms with E-state index in [-0.39, 0.29) is 0 Å². The monoisotopic (exact) mass is 443 g/mol. The minimum absolute atomic E-state index is 0.435. The van der Waals surface area contributed by atoms with Crippen LogP contribution < -0.4 is 5.32 Å². The van der Waals surface area contributed by atoms with Crippen LogP contribution in [0.25, 0.3) is 11.3 Å². The molecule has 1 aliphatic heterocycles. The van der Waals surface area contributed by atoms with Crippen molar-refractivity contribution >= 4 is 23.2 Å². The van der Waals surface area contributed by atoms with Crippen molar-refractivity contribution in [2.45, 2.75) is 38.9 Å². The summed E-state index contributed by atoms with van der Waals surface area (Å²) in [6.45, 7) is 6.62. The Bertz CT molecular complexity index is 953. The average Bonchev–Trinajstić information content (AvgIpc) is 3.38. The van der Waals surface area contributed by atoms with Gasteiger partial charge in [0.15, 0.2) is 0 Å². The number of aromatic nitrogens is 3. The molecule has 1 aliphatic rings. The van der Waals surface area contributed by atoms with Gasteiger partial charge in [0, 0.05) is 40.3 Å². The van der Waals surface area contributed by atoms with Crippen molar-refractivity contribution in [1.82, 2.24) is 25.2 Å². The van der Waals surface area contributed by atoms with Gasteiger partial charge in [-0.25, -0.2) is 0 Å². The van der Waals surface area contributed by atoms with Crippen molar-refractivity contribution in [3.05, 3.63) is 69.8 Å². The van der Waals surface area contributed by atoms with Crippen molar-refractivity contribution in [3.8, 4) is 11.3 Å². The summed E-state index contributed by atoms with van der Waals surface area (Å²) in [4.78, 5) is 4.24. The number of hydrogen-bond acceptors (Lipinski definition) is 4. The molecule has 1 N–H and O–H groups in total. The highest BCUT2D eigenvalue weighted by Crippen LogP contribution is 2.26. The molecule has 0 radical (unpaired) electrons. The highest BCUT2D eigenvalue weighted by molar-refractivity contribution is 6.35. The van der Waals surface area contributed by atoms with Crippen LogP contribution in [0.4, 0.5) is 0 Å². The molecule has 5 nitrogen and oxygen atoms in total. The summed E-state index contributed by atoms with van der Waals surface area (Å²) in [7, 11) is 0. The summed E-state index contributed by atoms with van der Waals surface area (Å²) in [6.07, 6.45) is 2.54.